The molecule has 0 atom stereocenters. The Morgan fingerprint density at radius 3 is 2.28 bits per heavy atom. The third-order valence-electron chi connectivity index (χ3n) is 2.24. The van der Waals surface area contributed by atoms with Crippen LogP contribution in [0.1, 0.15) is 15.9 Å². The molecule has 0 radical (unpaired) electrons. The van der Waals surface area contributed by atoms with Gasteiger partial charge in [0, 0.05) is 0 Å². The van der Waals surface area contributed by atoms with Gasteiger partial charge >= 0.3 is 12.1 Å². The predicted molar refractivity (Wildman–Crippen MR) is 55.1 cm³/mol. The van der Waals surface area contributed by atoms with Crippen molar-refractivity contribution in [2.75, 3.05) is 13.2 Å². The number of oxime groups is 1. The van der Waals surface area contributed by atoms with Gasteiger partial charge in [-0.1, -0.05) is 5.16 Å². The SMILES string of the molecule is O=C(ON=C1COC1)c1ccc(C(F)(F)F)cc1. The van der Waals surface area contributed by atoms with Crippen molar-refractivity contribution in [3.05, 3.63) is 35.4 Å². The minimum absolute atomic E-state index is 0.00703. The monoisotopic (exact) mass is 259 g/mol. The summed E-state index contributed by atoms with van der Waals surface area (Å²) < 4.78 is 41.6. The molecule has 0 bridgehead atoms. The Hall–Kier alpha value is -1.89. The van der Waals surface area contributed by atoms with Gasteiger partial charge in [0.2, 0.25) is 0 Å². The lowest BCUT2D eigenvalue weighted by Crippen LogP contribution is -2.28. The maximum atomic E-state index is 12.3. The normalized spacial score (nSPS) is 14.9. The fraction of sp³-hybridized carbons (Fsp3) is 0.273. The number of rotatable bonds is 2. The van der Waals surface area contributed by atoms with E-state index in [0.29, 0.717) is 18.9 Å². The minimum atomic E-state index is -4.42. The quantitative estimate of drug-likeness (QED) is 0.604. The second-order valence-electron chi connectivity index (χ2n) is 3.60. The van der Waals surface area contributed by atoms with Gasteiger partial charge in [0.15, 0.2) is 0 Å². The maximum absolute atomic E-state index is 12.3. The first-order chi connectivity index (χ1) is 8.47. The summed E-state index contributed by atoms with van der Waals surface area (Å²) in [4.78, 5) is 15.9. The molecule has 2 rings (SSSR count). The fourth-order valence-electron chi connectivity index (χ4n) is 1.20. The van der Waals surface area contributed by atoms with Gasteiger partial charge in [-0.25, -0.2) is 4.79 Å². The lowest BCUT2D eigenvalue weighted by Gasteiger charge is -2.14. The highest BCUT2D eigenvalue weighted by Gasteiger charge is 2.30. The molecular formula is C11H8F3NO3. The van der Waals surface area contributed by atoms with E-state index >= 15 is 0 Å². The van der Waals surface area contributed by atoms with Gasteiger partial charge in [-0.3, -0.25) is 0 Å². The molecule has 0 aliphatic carbocycles. The Balaban J connectivity index is 2.02. The number of hydrogen-bond acceptors (Lipinski definition) is 4. The van der Waals surface area contributed by atoms with Crippen LogP contribution in [0.4, 0.5) is 13.2 Å². The highest BCUT2D eigenvalue weighted by molar-refractivity contribution is 5.93. The van der Waals surface area contributed by atoms with Crippen LogP contribution < -0.4 is 0 Å². The Bertz CT molecular complexity index is 473. The zero-order chi connectivity index (χ0) is 13.2. The van der Waals surface area contributed by atoms with Crippen LogP contribution in [0.2, 0.25) is 0 Å². The summed E-state index contributed by atoms with van der Waals surface area (Å²) in [7, 11) is 0. The van der Waals surface area contributed by atoms with Crippen molar-refractivity contribution in [1.82, 2.24) is 0 Å². The number of halogens is 3. The van der Waals surface area contributed by atoms with Crippen LogP contribution in [0.15, 0.2) is 29.4 Å². The molecule has 96 valence electrons. The first kappa shape index (κ1) is 12.6. The molecule has 1 heterocycles. The van der Waals surface area contributed by atoms with E-state index in [1.807, 2.05) is 0 Å². The summed E-state index contributed by atoms with van der Waals surface area (Å²) in [6, 6.07) is 3.72. The van der Waals surface area contributed by atoms with Crippen molar-refractivity contribution in [3.63, 3.8) is 0 Å². The molecule has 7 heteroatoms. The van der Waals surface area contributed by atoms with Gasteiger partial charge < -0.3 is 9.57 Å². The number of benzene rings is 1. The molecule has 18 heavy (non-hydrogen) atoms. The number of ether oxygens (including phenoxy) is 1. The van der Waals surface area contributed by atoms with E-state index in [2.05, 4.69) is 9.99 Å². The van der Waals surface area contributed by atoms with Crippen LogP contribution >= 0.6 is 0 Å². The van der Waals surface area contributed by atoms with Crippen molar-refractivity contribution in [2.45, 2.75) is 6.18 Å². The van der Waals surface area contributed by atoms with Crippen LogP contribution in [0.25, 0.3) is 0 Å². The molecule has 0 saturated carbocycles. The summed E-state index contributed by atoms with van der Waals surface area (Å²) in [5.74, 6) is -0.803. The Kier molecular flexibility index (Phi) is 3.33. The fourth-order valence-corrected chi connectivity index (χ4v) is 1.20. The standard InChI is InChI=1S/C11H8F3NO3/c12-11(13,14)8-3-1-7(2-4-8)10(16)18-15-9-5-17-6-9/h1-4H,5-6H2. The number of nitrogens with zero attached hydrogens (tertiary/aromatic N) is 1. The second-order valence-corrected chi connectivity index (χ2v) is 3.60. The third-order valence-corrected chi connectivity index (χ3v) is 2.24. The van der Waals surface area contributed by atoms with Crippen molar-refractivity contribution < 1.29 is 27.5 Å². The molecule has 1 fully saturated rings. The van der Waals surface area contributed by atoms with E-state index in [-0.39, 0.29) is 5.56 Å². The van der Waals surface area contributed by atoms with Crippen molar-refractivity contribution in [2.24, 2.45) is 5.16 Å². The lowest BCUT2D eigenvalue weighted by molar-refractivity contribution is -0.137. The molecule has 0 aromatic heterocycles. The zero-order valence-electron chi connectivity index (χ0n) is 9.03. The van der Waals surface area contributed by atoms with E-state index < -0.39 is 17.7 Å². The second kappa shape index (κ2) is 4.77. The summed E-state index contributed by atoms with van der Waals surface area (Å²) in [6.45, 7) is 0.612. The highest BCUT2D eigenvalue weighted by atomic mass is 19.4. The van der Waals surface area contributed by atoms with Gasteiger partial charge in [0.05, 0.1) is 24.3 Å². The molecule has 4 nitrogen and oxygen atoms in total. The smallest absolute Gasteiger partial charge is 0.369 e. The van der Waals surface area contributed by atoms with Crippen LogP contribution in [0.5, 0.6) is 0 Å². The molecule has 0 N–H and O–H groups in total. The van der Waals surface area contributed by atoms with Crippen LogP contribution in [0.3, 0.4) is 0 Å². The Morgan fingerprint density at radius 2 is 1.83 bits per heavy atom. The van der Waals surface area contributed by atoms with Gasteiger partial charge in [-0.15, -0.1) is 0 Å². The summed E-state index contributed by atoms with van der Waals surface area (Å²) >= 11 is 0. The van der Waals surface area contributed by atoms with Gasteiger partial charge in [0.1, 0.15) is 5.71 Å². The molecule has 1 saturated heterocycles. The van der Waals surface area contributed by atoms with Crippen molar-refractivity contribution in [1.29, 1.82) is 0 Å². The van der Waals surface area contributed by atoms with Crippen molar-refractivity contribution >= 4 is 11.7 Å². The number of hydrogen-bond donors (Lipinski definition) is 0. The van der Waals surface area contributed by atoms with E-state index in [1.54, 1.807) is 0 Å². The lowest BCUT2D eigenvalue weighted by atomic mass is 10.1. The Morgan fingerprint density at radius 1 is 1.22 bits per heavy atom. The van der Waals surface area contributed by atoms with Crippen molar-refractivity contribution in [3.8, 4) is 0 Å². The topological polar surface area (TPSA) is 47.9 Å². The van der Waals surface area contributed by atoms with E-state index in [1.165, 1.54) is 0 Å². The molecule has 1 aromatic carbocycles. The summed E-state index contributed by atoms with van der Waals surface area (Å²) in [5, 5.41) is 3.50. The molecular weight excluding hydrogens is 251 g/mol. The molecule has 1 aromatic rings. The largest absolute Gasteiger partial charge is 0.416 e. The zero-order valence-corrected chi connectivity index (χ0v) is 9.03. The average molecular weight is 259 g/mol. The molecule has 1 aliphatic heterocycles. The number of carbonyl (C=O) groups is 1. The molecule has 0 unspecified atom stereocenters. The van der Waals surface area contributed by atoms with Crippen LogP contribution in [-0.2, 0) is 15.8 Å². The van der Waals surface area contributed by atoms with E-state index in [9.17, 15) is 18.0 Å². The van der Waals surface area contributed by atoms with E-state index in [0.717, 1.165) is 24.3 Å². The Labute approximate surface area is 100.0 Å². The maximum Gasteiger partial charge on any atom is 0.416 e. The predicted octanol–water partition coefficient (Wildman–Crippen LogP) is 2.25. The highest BCUT2D eigenvalue weighted by Crippen LogP contribution is 2.29. The molecule has 0 spiro atoms. The average Bonchev–Trinajstić information content (AvgIpc) is 2.26. The van der Waals surface area contributed by atoms with Crippen LogP contribution in [-0.4, -0.2) is 24.9 Å². The first-order valence-electron chi connectivity index (χ1n) is 4.99. The molecule has 1 aliphatic rings. The summed E-state index contributed by atoms with van der Waals surface area (Å²) in [5.41, 5.74) is -0.236. The number of carbonyl (C=O) groups excluding carboxylic acids is 1. The van der Waals surface area contributed by atoms with Gasteiger partial charge in [0.25, 0.3) is 0 Å². The molecule has 0 amide bonds. The minimum Gasteiger partial charge on any atom is -0.369 e. The third kappa shape index (κ3) is 2.86. The first-order valence-corrected chi connectivity index (χ1v) is 4.99. The van der Waals surface area contributed by atoms with E-state index in [4.69, 9.17) is 4.74 Å². The van der Waals surface area contributed by atoms with Crippen LogP contribution in [0, 0.1) is 0 Å². The van der Waals surface area contributed by atoms with Gasteiger partial charge in [-0.2, -0.15) is 13.2 Å². The summed E-state index contributed by atoms with van der Waals surface area (Å²) in [6.07, 6.45) is -4.42. The van der Waals surface area contributed by atoms with Gasteiger partial charge in [-0.05, 0) is 24.3 Å². The number of alkyl halides is 3.